The van der Waals surface area contributed by atoms with E-state index in [-0.39, 0.29) is 23.7 Å². The van der Waals surface area contributed by atoms with Crippen LogP contribution in [0.25, 0.3) is 10.2 Å². The third-order valence-corrected chi connectivity index (χ3v) is 6.01. The number of thiazole rings is 1. The van der Waals surface area contributed by atoms with Crippen LogP contribution in [0.3, 0.4) is 0 Å². The number of allylic oxidation sites excluding steroid dienone is 2. The predicted molar refractivity (Wildman–Crippen MR) is 100.0 cm³/mol. The topological polar surface area (TPSA) is 101 Å². The molecule has 0 spiro atoms. The molecule has 1 amide bonds. The number of sulfonamides is 1. The van der Waals surface area contributed by atoms with Crippen LogP contribution in [0.1, 0.15) is 0 Å². The molecule has 0 fully saturated rings. The van der Waals surface area contributed by atoms with Gasteiger partial charge >= 0.3 is 0 Å². The first-order valence-electron chi connectivity index (χ1n) is 7.70. The van der Waals surface area contributed by atoms with Crippen molar-refractivity contribution in [2.45, 2.75) is 0 Å². The highest BCUT2D eigenvalue weighted by Crippen LogP contribution is 2.32. The van der Waals surface area contributed by atoms with Gasteiger partial charge in [0.25, 0.3) is 15.9 Å². The van der Waals surface area contributed by atoms with E-state index < -0.39 is 15.9 Å². The minimum Gasteiger partial charge on any atom is -0.494 e. The molecule has 0 radical (unpaired) electrons. The average molecular weight is 390 g/mol. The van der Waals surface area contributed by atoms with Crippen molar-refractivity contribution in [2.24, 2.45) is 4.40 Å². The minimum absolute atomic E-state index is 0.0760. The lowest BCUT2D eigenvalue weighted by molar-refractivity contribution is -0.112. The molecular formula is C16H14N4O4S2. The maximum absolute atomic E-state index is 12.7. The number of hydrogen-bond donors (Lipinski definition) is 1. The number of carbonyl (C=O) groups excluding carboxylic acids is 1. The Morgan fingerprint density at radius 1 is 1.38 bits per heavy atom. The Bertz CT molecular complexity index is 1100. The molecule has 4 rings (SSSR count). The highest BCUT2D eigenvalue weighted by Gasteiger charge is 2.30. The summed E-state index contributed by atoms with van der Waals surface area (Å²) in [5.74, 6) is 0.212. The number of methoxy groups -OCH3 is 1. The molecule has 0 saturated heterocycles. The van der Waals surface area contributed by atoms with Crippen LogP contribution < -0.4 is 10.1 Å². The molecule has 134 valence electrons. The number of ether oxygens (including phenoxy) is 1. The van der Waals surface area contributed by atoms with Crippen LogP contribution in [0.4, 0.5) is 5.13 Å². The summed E-state index contributed by atoms with van der Waals surface area (Å²) in [6.07, 6.45) is 4.93. The van der Waals surface area contributed by atoms with Gasteiger partial charge in [-0.25, -0.2) is 13.4 Å². The maximum atomic E-state index is 12.7. The van der Waals surface area contributed by atoms with E-state index in [1.54, 1.807) is 36.4 Å². The lowest BCUT2D eigenvalue weighted by atomic mass is 10.1. The molecule has 1 aromatic carbocycles. The fourth-order valence-corrected chi connectivity index (χ4v) is 4.56. The second-order valence-electron chi connectivity index (χ2n) is 5.60. The molecule has 2 aromatic rings. The van der Waals surface area contributed by atoms with E-state index in [1.807, 2.05) is 12.1 Å². The molecule has 0 saturated carbocycles. The van der Waals surface area contributed by atoms with Gasteiger partial charge in [-0.05, 0) is 24.3 Å². The number of nitrogens with zero attached hydrogens (tertiary/aromatic N) is 3. The Hall–Kier alpha value is -2.72. The van der Waals surface area contributed by atoms with E-state index in [9.17, 15) is 13.2 Å². The Labute approximate surface area is 153 Å². The van der Waals surface area contributed by atoms with Crippen LogP contribution in [0.5, 0.6) is 5.75 Å². The SMILES string of the molecule is COc1cccc2sc(NC(=O)C3=CC=CN4CCS(=O)(=O)N=C34)nc12. The Morgan fingerprint density at radius 3 is 3.04 bits per heavy atom. The number of anilines is 1. The Morgan fingerprint density at radius 2 is 2.23 bits per heavy atom. The number of nitrogens with one attached hydrogen (secondary N) is 1. The van der Waals surface area contributed by atoms with Gasteiger partial charge in [-0.1, -0.05) is 17.4 Å². The summed E-state index contributed by atoms with van der Waals surface area (Å²) in [5.41, 5.74) is 0.842. The molecule has 1 aromatic heterocycles. The first kappa shape index (κ1) is 16.7. The Balaban J connectivity index is 1.65. The summed E-state index contributed by atoms with van der Waals surface area (Å²) in [5, 5.41) is 3.12. The smallest absolute Gasteiger partial charge is 0.261 e. The number of hydrogen-bond acceptors (Lipinski definition) is 7. The maximum Gasteiger partial charge on any atom is 0.261 e. The molecule has 0 atom stereocenters. The second-order valence-corrected chi connectivity index (χ2v) is 8.38. The number of benzene rings is 1. The van der Waals surface area contributed by atoms with E-state index in [4.69, 9.17) is 4.74 Å². The van der Waals surface area contributed by atoms with Crippen molar-refractivity contribution in [2.75, 3.05) is 24.7 Å². The van der Waals surface area contributed by atoms with Gasteiger partial charge in [0.2, 0.25) is 0 Å². The number of para-hydroxylation sites is 1. The highest BCUT2D eigenvalue weighted by molar-refractivity contribution is 7.90. The molecule has 0 bridgehead atoms. The zero-order valence-corrected chi connectivity index (χ0v) is 15.3. The van der Waals surface area contributed by atoms with Gasteiger partial charge in [-0.2, -0.15) is 0 Å². The van der Waals surface area contributed by atoms with E-state index in [2.05, 4.69) is 14.7 Å². The van der Waals surface area contributed by atoms with Crippen LogP contribution in [0.2, 0.25) is 0 Å². The van der Waals surface area contributed by atoms with Crippen molar-refractivity contribution < 1.29 is 17.9 Å². The van der Waals surface area contributed by atoms with Gasteiger partial charge in [-0.3, -0.25) is 10.1 Å². The average Bonchev–Trinajstić information content (AvgIpc) is 3.02. The fourth-order valence-electron chi connectivity index (χ4n) is 2.70. The van der Waals surface area contributed by atoms with Gasteiger partial charge in [-0.15, -0.1) is 4.40 Å². The van der Waals surface area contributed by atoms with E-state index in [0.29, 0.717) is 16.4 Å². The highest BCUT2D eigenvalue weighted by atomic mass is 32.2. The normalized spacial score (nSPS) is 18.1. The third kappa shape index (κ3) is 2.97. The summed E-state index contributed by atoms with van der Waals surface area (Å²) in [4.78, 5) is 18.7. The molecule has 26 heavy (non-hydrogen) atoms. The number of rotatable bonds is 3. The molecule has 3 heterocycles. The summed E-state index contributed by atoms with van der Waals surface area (Å²) in [6, 6.07) is 5.52. The Kier molecular flexibility index (Phi) is 4.00. The molecule has 1 N–H and O–H groups in total. The van der Waals surface area contributed by atoms with Gasteiger partial charge in [0.15, 0.2) is 11.0 Å². The van der Waals surface area contributed by atoms with Gasteiger partial charge in [0, 0.05) is 12.7 Å². The van der Waals surface area contributed by atoms with E-state index in [1.165, 1.54) is 11.3 Å². The largest absolute Gasteiger partial charge is 0.494 e. The van der Waals surface area contributed by atoms with Gasteiger partial charge in [0.05, 0.1) is 23.1 Å². The molecule has 2 aliphatic rings. The van der Waals surface area contributed by atoms with E-state index >= 15 is 0 Å². The van der Waals surface area contributed by atoms with Crippen molar-refractivity contribution in [1.29, 1.82) is 0 Å². The number of amidine groups is 1. The predicted octanol–water partition coefficient (Wildman–Crippen LogP) is 1.74. The molecule has 8 nitrogen and oxygen atoms in total. The fraction of sp³-hybridized carbons (Fsp3) is 0.188. The summed E-state index contributed by atoms with van der Waals surface area (Å²) >= 11 is 1.31. The first-order valence-corrected chi connectivity index (χ1v) is 10.1. The van der Waals surface area contributed by atoms with Gasteiger partial charge < -0.3 is 9.64 Å². The monoisotopic (exact) mass is 390 g/mol. The molecule has 0 unspecified atom stereocenters. The second kappa shape index (κ2) is 6.22. The first-order chi connectivity index (χ1) is 12.5. The number of aromatic nitrogens is 1. The number of amides is 1. The summed E-state index contributed by atoms with van der Waals surface area (Å²) < 4.78 is 33.5. The van der Waals surface area contributed by atoms with Crippen molar-refractivity contribution in [3.63, 3.8) is 0 Å². The minimum atomic E-state index is -3.56. The summed E-state index contributed by atoms with van der Waals surface area (Å²) in [6.45, 7) is 0.265. The molecule has 0 aliphatic carbocycles. The summed E-state index contributed by atoms with van der Waals surface area (Å²) in [7, 11) is -2.00. The van der Waals surface area contributed by atoms with Crippen LogP contribution >= 0.6 is 11.3 Å². The lowest BCUT2D eigenvalue weighted by Crippen LogP contribution is -2.40. The van der Waals surface area contributed by atoms with Crippen molar-refractivity contribution >= 4 is 48.5 Å². The van der Waals surface area contributed by atoms with Crippen molar-refractivity contribution in [3.8, 4) is 5.75 Å². The lowest BCUT2D eigenvalue weighted by Gasteiger charge is -2.28. The van der Waals surface area contributed by atoms with Gasteiger partial charge in [0.1, 0.15) is 11.3 Å². The van der Waals surface area contributed by atoms with Crippen LogP contribution in [0, 0.1) is 0 Å². The molecule has 10 heteroatoms. The zero-order valence-electron chi connectivity index (χ0n) is 13.7. The third-order valence-electron chi connectivity index (χ3n) is 3.92. The van der Waals surface area contributed by atoms with Crippen LogP contribution in [-0.4, -0.2) is 49.5 Å². The zero-order chi connectivity index (χ0) is 18.3. The quantitative estimate of drug-likeness (QED) is 0.857. The van der Waals surface area contributed by atoms with Crippen LogP contribution in [0.15, 0.2) is 46.5 Å². The molecule has 2 aliphatic heterocycles. The van der Waals surface area contributed by atoms with Crippen LogP contribution in [-0.2, 0) is 14.8 Å². The standard InChI is InChI=1S/C16H14N4O4S2/c1-24-11-5-2-6-12-13(11)17-16(25-12)18-15(21)10-4-3-7-20-8-9-26(22,23)19-14(10)20/h2-7H,8-9H2,1H3,(H,17,18,21). The number of carbonyl (C=O) groups is 1. The van der Waals surface area contributed by atoms with E-state index in [0.717, 1.165) is 4.70 Å². The van der Waals surface area contributed by atoms with Crippen molar-refractivity contribution in [3.05, 3.63) is 42.1 Å². The number of fused-ring (bicyclic) bond motifs is 2. The molecular weight excluding hydrogens is 376 g/mol. The van der Waals surface area contributed by atoms with Crippen molar-refractivity contribution in [1.82, 2.24) is 9.88 Å².